The minimum atomic E-state index is -1.09. The van der Waals surface area contributed by atoms with Crippen LogP contribution in [0.1, 0.15) is 5.56 Å². The molecule has 0 aliphatic rings. The number of rotatable bonds is 6. The topological polar surface area (TPSA) is 100 Å². The first kappa shape index (κ1) is 17.3. The van der Waals surface area contributed by atoms with Gasteiger partial charge in [0.1, 0.15) is 5.75 Å². The Hall–Kier alpha value is -3.06. The molecule has 0 radical (unpaired) electrons. The van der Waals surface area contributed by atoms with Crippen molar-refractivity contribution in [2.24, 2.45) is 5.10 Å². The van der Waals surface area contributed by atoms with E-state index in [9.17, 15) is 9.59 Å². The lowest BCUT2D eigenvalue weighted by Crippen LogP contribution is -2.24. The molecule has 24 heavy (non-hydrogen) atoms. The van der Waals surface area contributed by atoms with Crippen LogP contribution in [0.15, 0.2) is 53.6 Å². The third-order valence-electron chi connectivity index (χ3n) is 2.72. The summed E-state index contributed by atoms with van der Waals surface area (Å²) >= 11 is 5.98. The first-order valence-corrected chi connectivity index (χ1v) is 7.21. The molecule has 8 heteroatoms. The van der Waals surface area contributed by atoms with Gasteiger partial charge in [-0.3, -0.25) is 0 Å². The standard InChI is InChI=1S/C16H14ClN3O4/c17-13-8-11(6-7-14(13)24-10-15(21)22)9-18-20-16(23)19-12-4-2-1-3-5-12/h1-9H,10H2,(H,21,22)(H2,19,20,23)/b18-9+. The SMILES string of the molecule is O=C(O)COc1ccc(/C=N/NC(=O)Nc2ccccc2)cc1Cl. The van der Waals surface area contributed by atoms with Gasteiger partial charge in [0.05, 0.1) is 11.2 Å². The monoisotopic (exact) mass is 347 g/mol. The maximum absolute atomic E-state index is 11.6. The third kappa shape index (κ3) is 5.62. The van der Waals surface area contributed by atoms with Crippen molar-refractivity contribution in [2.45, 2.75) is 0 Å². The van der Waals surface area contributed by atoms with Crippen molar-refractivity contribution >= 4 is 35.5 Å². The lowest BCUT2D eigenvalue weighted by Gasteiger charge is -2.06. The highest BCUT2D eigenvalue weighted by Crippen LogP contribution is 2.24. The van der Waals surface area contributed by atoms with Crippen molar-refractivity contribution < 1.29 is 19.4 Å². The zero-order valence-corrected chi connectivity index (χ0v) is 13.2. The van der Waals surface area contributed by atoms with Crippen LogP contribution in [-0.4, -0.2) is 29.9 Å². The number of carbonyl (C=O) groups is 2. The molecule has 7 nitrogen and oxygen atoms in total. The summed E-state index contributed by atoms with van der Waals surface area (Å²) in [6.07, 6.45) is 1.40. The number of hydrogen-bond acceptors (Lipinski definition) is 4. The van der Waals surface area contributed by atoms with E-state index in [0.29, 0.717) is 11.3 Å². The number of hydrogen-bond donors (Lipinski definition) is 3. The van der Waals surface area contributed by atoms with Gasteiger partial charge in [-0.15, -0.1) is 0 Å². The molecule has 0 aliphatic heterocycles. The highest BCUT2D eigenvalue weighted by molar-refractivity contribution is 6.32. The van der Waals surface area contributed by atoms with Crippen LogP contribution in [0.25, 0.3) is 0 Å². The van der Waals surface area contributed by atoms with Crippen LogP contribution in [0.5, 0.6) is 5.75 Å². The molecule has 0 aromatic heterocycles. The molecule has 2 aromatic rings. The zero-order chi connectivity index (χ0) is 17.4. The first-order chi connectivity index (χ1) is 11.5. The Morgan fingerprint density at radius 2 is 1.96 bits per heavy atom. The fourth-order valence-corrected chi connectivity index (χ4v) is 1.94. The molecule has 0 saturated carbocycles. The van der Waals surface area contributed by atoms with Gasteiger partial charge in [0.15, 0.2) is 6.61 Å². The number of nitrogens with one attached hydrogen (secondary N) is 2. The average Bonchev–Trinajstić information content (AvgIpc) is 2.55. The molecule has 124 valence electrons. The van der Waals surface area contributed by atoms with Gasteiger partial charge in [0.25, 0.3) is 0 Å². The number of amides is 2. The number of carboxylic acid groups (broad SMARTS) is 1. The smallest absolute Gasteiger partial charge is 0.341 e. The summed E-state index contributed by atoms with van der Waals surface area (Å²) in [4.78, 5) is 22.1. The fraction of sp³-hybridized carbons (Fsp3) is 0.0625. The Morgan fingerprint density at radius 1 is 1.21 bits per heavy atom. The highest BCUT2D eigenvalue weighted by Gasteiger charge is 2.05. The lowest BCUT2D eigenvalue weighted by molar-refractivity contribution is -0.139. The summed E-state index contributed by atoms with van der Waals surface area (Å²) in [7, 11) is 0. The summed E-state index contributed by atoms with van der Waals surface area (Å²) in [6, 6.07) is 13.2. The van der Waals surface area contributed by atoms with Gasteiger partial charge in [0, 0.05) is 5.69 Å². The number of para-hydroxylation sites is 1. The maximum atomic E-state index is 11.6. The number of aliphatic carboxylic acids is 1. The Kier molecular flexibility index (Phi) is 6.16. The van der Waals surface area contributed by atoms with Gasteiger partial charge in [-0.2, -0.15) is 5.10 Å². The minimum absolute atomic E-state index is 0.244. The van der Waals surface area contributed by atoms with E-state index in [1.807, 2.05) is 6.07 Å². The van der Waals surface area contributed by atoms with Crippen molar-refractivity contribution in [3.63, 3.8) is 0 Å². The van der Waals surface area contributed by atoms with Crippen LogP contribution in [0, 0.1) is 0 Å². The lowest BCUT2D eigenvalue weighted by atomic mass is 10.2. The second-order valence-electron chi connectivity index (χ2n) is 4.56. The summed E-state index contributed by atoms with van der Waals surface area (Å²) in [5.74, 6) is -0.837. The van der Waals surface area contributed by atoms with Crippen molar-refractivity contribution in [3.05, 3.63) is 59.1 Å². The number of hydrazone groups is 1. The van der Waals surface area contributed by atoms with Gasteiger partial charge in [-0.25, -0.2) is 15.0 Å². The summed E-state index contributed by atoms with van der Waals surface area (Å²) < 4.78 is 5.01. The van der Waals surface area contributed by atoms with Crippen LogP contribution < -0.4 is 15.5 Å². The quantitative estimate of drug-likeness (QED) is 0.552. The summed E-state index contributed by atoms with van der Waals surface area (Å²) in [5, 5.41) is 15.2. The molecular formula is C16H14ClN3O4. The van der Waals surface area contributed by atoms with Crippen LogP contribution >= 0.6 is 11.6 Å². The van der Waals surface area contributed by atoms with E-state index in [1.165, 1.54) is 12.3 Å². The number of nitrogens with zero attached hydrogens (tertiary/aromatic N) is 1. The molecule has 0 bridgehead atoms. The number of carbonyl (C=O) groups excluding carboxylic acids is 1. The van der Waals surface area contributed by atoms with Gasteiger partial charge in [-0.05, 0) is 35.9 Å². The van der Waals surface area contributed by atoms with E-state index in [2.05, 4.69) is 15.8 Å². The maximum Gasteiger partial charge on any atom is 0.341 e. The van der Waals surface area contributed by atoms with E-state index in [-0.39, 0.29) is 10.8 Å². The molecule has 3 N–H and O–H groups in total. The normalized spacial score (nSPS) is 10.4. The molecule has 0 aliphatic carbocycles. The molecule has 0 atom stereocenters. The molecule has 2 amide bonds. The number of urea groups is 1. The first-order valence-electron chi connectivity index (χ1n) is 6.84. The number of ether oxygens (including phenoxy) is 1. The van der Waals surface area contributed by atoms with E-state index in [0.717, 1.165) is 0 Å². The van der Waals surface area contributed by atoms with E-state index in [1.54, 1.807) is 36.4 Å². The number of anilines is 1. The van der Waals surface area contributed by atoms with Crippen molar-refractivity contribution in [2.75, 3.05) is 11.9 Å². The Bertz CT molecular complexity index is 750. The molecule has 0 fully saturated rings. The molecule has 2 rings (SSSR count). The van der Waals surface area contributed by atoms with E-state index >= 15 is 0 Å². The molecule has 2 aromatic carbocycles. The van der Waals surface area contributed by atoms with Crippen LogP contribution in [0.2, 0.25) is 5.02 Å². The second kappa shape index (κ2) is 8.54. The highest BCUT2D eigenvalue weighted by atomic mass is 35.5. The predicted molar refractivity (Wildman–Crippen MR) is 90.8 cm³/mol. The zero-order valence-electron chi connectivity index (χ0n) is 12.4. The predicted octanol–water partition coefficient (Wildman–Crippen LogP) is 2.96. The summed E-state index contributed by atoms with van der Waals surface area (Å²) in [6.45, 7) is -0.478. The van der Waals surface area contributed by atoms with Gasteiger partial charge in [0.2, 0.25) is 0 Å². The van der Waals surface area contributed by atoms with Crippen molar-refractivity contribution in [1.29, 1.82) is 0 Å². The number of benzene rings is 2. The minimum Gasteiger partial charge on any atom is -0.480 e. The summed E-state index contributed by atoms with van der Waals surface area (Å²) in [5.41, 5.74) is 3.58. The number of carboxylic acids is 1. The molecule has 0 saturated heterocycles. The van der Waals surface area contributed by atoms with Crippen molar-refractivity contribution in [1.82, 2.24) is 5.43 Å². The van der Waals surface area contributed by atoms with Gasteiger partial charge < -0.3 is 15.2 Å². The fourth-order valence-electron chi connectivity index (χ4n) is 1.70. The Labute approximate surface area is 142 Å². The largest absolute Gasteiger partial charge is 0.480 e. The Balaban J connectivity index is 1.88. The molecule has 0 heterocycles. The number of halogens is 1. The molecule has 0 spiro atoms. The van der Waals surface area contributed by atoms with Crippen LogP contribution in [0.3, 0.4) is 0 Å². The third-order valence-corrected chi connectivity index (χ3v) is 3.01. The Morgan fingerprint density at radius 3 is 2.62 bits per heavy atom. The van der Waals surface area contributed by atoms with Crippen LogP contribution in [-0.2, 0) is 4.79 Å². The molecule has 0 unspecified atom stereocenters. The van der Waals surface area contributed by atoms with E-state index < -0.39 is 18.6 Å². The van der Waals surface area contributed by atoms with Gasteiger partial charge >= 0.3 is 12.0 Å². The van der Waals surface area contributed by atoms with E-state index in [4.69, 9.17) is 21.4 Å². The average molecular weight is 348 g/mol. The van der Waals surface area contributed by atoms with Gasteiger partial charge in [-0.1, -0.05) is 29.8 Å². The van der Waals surface area contributed by atoms with Crippen molar-refractivity contribution in [3.8, 4) is 5.75 Å². The van der Waals surface area contributed by atoms with Crippen LogP contribution in [0.4, 0.5) is 10.5 Å². The molecular weight excluding hydrogens is 334 g/mol. The second-order valence-corrected chi connectivity index (χ2v) is 4.97.